The average Bonchev–Trinajstić information content (AvgIpc) is 2.49. The van der Waals surface area contributed by atoms with Gasteiger partial charge < -0.3 is 9.47 Å². The average molecular weight is 186 g/mol. The van der Waals surface area contributed by atoms with E-state index in [1.54, 1.807) is 5.01 Å². The van der Waals surface area contributed by atoms with Crippen LogP contribution in [0, 0.1) is 4.91 Å². The van der Waals surface area contributed by atoms with Crippen LogP contribution < -0.4 is 0 Å². The quantitative estimate of drug-likeness (QED) is 0.571. The Morgan fingerprint density at radius 1 is 1.15 bits per heavy atom. The van der Waals surface area contributed by atoms with Gasteiger partial charge in [0.2, 0.25) is 0 Å². The SMILES string of the molecule is O=NN1CCCC2(CC1)OCCO2. The lowest BCUT2D eigenvalue weighted by Crippen LogP contribution is -2.31. The summed E-state index contributed by atoms with van der Waals surface area (Å²) in [7, 11) is 0. The number of ether oxygens (including phenoxy) is 2. The molecule has 0 amide bonds. The Labute approximate surface area is 76.9 Å². The first-order valence-electron chi connectivity index (χ1n) is 4.71. The van der Waals surface area contributed by atoms with E-state index in [2.05, 4.69) is 5.29 Å². The van der Waals surface area contributed by atoms with E-state index in [4.69, 9.17) is 9.47 Å². The Hall–Kier alpha value is -0.680. The first kappa shape index (κ1) is 8.90. The van der Waals surface area contributed by atoms with Gasteiger partial charge in [0.15, 0.2) is 5.79 Å². The molecule has 5 heteroatoms. The monoisotopic (exact) mass is 186 g/mol. The molecule has 0 unspecified atom stereocenters. The van der Waals surface area contributed by atoms with Crippen LogP contribution in [0.2, 0.25) is 0 Å². The highest BCUT2D eigenvalue weighted by molar-refractivity contribution is 4.79. The zero-order valence-electron chi connectivity index (χ0n) is 7.57. The maximum Gasteiger partial charge on any atom is 0.170 e. The van der Waals surface area contributed by atoms with Gasteiger partial charge in [-0.1, -0.05) is 0 Å². The second-order valence-electron chi connectivity index (χ2n) is 3.50. The van der Waals surface area contributed by atoms with Crippen LogP contribution in [0.5, 0.6) is 0 Å². The van der Waals surface area contributed by atoms with Gasteiger partial charge >= 0.3 is 0 Å². The molecule has 1 spiro atoms. The fourth-order valence-corrected chi connectivity index (χ4v) is 1.93. The molecule has 0 radical (unpaired) electrons. The smallest absolute Gasteiger partial charge is 0.170 e. The van der Waals surface area contributed by atoms with Crippen molar-refractivity contribution in [1.82, 2.24) is 5.01 Å². The molecule has 0 aliphatic carbocycles. The Bertz CT molecular complexity index is 192. The van der Waals surface area contributed by atoms with E-state index in [0.29, 0.717) is 19.8 Å². The molecule has 2 fully saturated rings. The number of nitrogens with zero attached hydrogens (tertiary/aromatic N) is 2. The molecule has 5 nitrogen and oxygen atoms in total. The third-order valence-electron chi connectivity index (χ3n) is 2.65. The summed E-state index contributed by atoms with van der Waals surface area (Å²) in [6, 6.07) is 0. The first-order valence-corrected chi connectivity index (χ1v) is 4.71. The van der Waals surface area contributed by atoms with E-state index in [1.807, 2.05) is 0 Å². The molecule has 0 aromatic heterocycles. The van der Waals surface area contributed by atoms with E-state index in [1.165, 1.54) is 0 Å². The molecule has 0 aromatic rings. The van der Waals surface area contributed by atoms with Crippen molar-refractivity contribution >= 4 is 0 Å². The highest BCUT2D eigenvalue weighted by Gasteiger charge is 2.37. The van der Waals surface area contributed by atoms with Crippen LogP contribution in [-0.2, 0) is 9.47 Å². The predicted octanol–water partition coefficient (Wildman–Crippen LogP) is 0.897. The molecule has 0 N–H and O–H groups in total. The van der Waals surface area contributed by atoms with Gasteiger partial charge in [0.05, 0.1) is 18.5 Å². The standard InChI is InChI=1S/C8H14N2O3/c11-9-10-4-1-2-8(3-5-10)12-6-7-13-8/h1-7H2. The van der Waals surface area contributed by atoms with Gasteiger partial charge in [0.1, 0.15) is 0 Å². The minimum Gasteiger partial charge on any atom is -0.347 e. The zero-order valence-corrected chi connectivity index (χ0v) is 7.57. The fraction of sp³-hybridized carbons (Fsp3) is 1.00. The molecule has 0 atom stereocenters. The van der Waals surface area contributed by atoms with Crippen LogP contribution in [0.3, 0.4) is 0 Å². The van der Waals surface area contributed by atoms with Crippen molar-refractivity contribution in [2.24, 2.45) is 5.29 Å². The van der Waals surface area contributed by atoms with Gasteiger partial charge in [-0.3, -0.25) is 5.01 Å². The highest BCUT2D eigenvalue weighted by atomic mass is 16.7. The van der Waals surface area contributed by atoms with Crippen LogP contribution in [0.15, 0.2) is 5.29 Å². The number of hydrogen-bond acceptors (Lipinski definition) is 4. The minimum absolute atomic E-state index is 0.403. The lowest BCUT2D eigenvalue weighted by molar-refractivity contribution is -0.164. The van der Waals surface area contributed by atoms with Crippen molar-refractivity contribution in [3.8, 4) is 0 Å². The normalized spacial score (nSPS) is 27.5. The molecule has 2 saturated heterocycles. The molecule has 74 valence electrons. The summed E-state index contributed by atoms with van der Waals surface area (Å²) in [6.45, 7) is 2.71. The lowest BCUT2D eigenvalue weighted by atomic mass is 10.1. The van der Waals surface area contributed by atoms with Crippen molar-refractivity contribution in [2.75, 3.05) is 26.3 Å². The van der Waals surface area contributed by atoms with Crippen LogP contribution >= 0.6 is 0 Å². The van der Waals surface area contributed by atoms with Crippen LogP contribution in [0.25, 0.3) is 0 Å². The molecule has 2 aliphatic rings. The highest BCUT2D eigenvalue weighted by Crippen LogP contribution is 2.31. The maximum absolute atomic E-state index is 10.3. The maximum atomic E-state index is 10.3. The Balaban J connectivity index is 1.96. The second kappa shape index (κ2) is 3.59. The van der Waals surface area contributed by atoms with Crippen molar-refractivity contribution in [3.63, 3.8) is 0 Å². The van der Waals surface area contributed by atoms with E-state index in [-0.39, 0.29) is 0 Å². The largest absolute Gasteiger partial charge is 0.347 e. The summed E-state index contributed by atoms with van der Waals surface area (Å²) < 4.78 is 11.1. The van der Waals surface area contributed by atoms with E-state index < -0.39 is 5.79 Å². The molecular formula is C8H14N2O3. The van der Waals surface area contributed by atoms with E-state index in [0.717, 1.165) is 25.8 Å². The molecule has 0 aromatic carbocycles. The third kappa shape index (κ3) is 1.81. The minimum atomic E-state index is -0.403. The predicted molar refractivity (Wildman–Crippen MR) is 45.9 cm³/mol. The number of rotatable bonds is 1. The molecular weight excluding hydrogens is 172 g/mol. The summed E-state index contributed by atoms with van der Waals surface area (Å²) in [5.74, 6) is -0.403. The molecule has 2 rings (SSSR count). The Kier molecular flexibility index (Phi) is 2.46. The topological polar surface area (TPSA) is 51.1 Å². The second-order valence-corrected chi connectivity index (χ2v) is 3.50. The fourth-order valence-electron chi connectivity index (χ4n) is 1.93. The molecule has 13 heavy (non-hydrogen) atoms. The van der Waals surface area contributed by atoms with Crippen molar-refractivity contribution < 1.29 is 9.47 Å². The third-order valence-corrected chi connectivity index (χ3v) is 2.65. The van der Waals surface area contributed by atoms with Crippen LogP contribution in [-0.4, -0.2) is 37.1 Å². The lowest BCUT2D eigenvalue weighted by Gasteiger charge is -2.24. The van der Waals surface area contributed by atoms with Gasteiger partial charge in [0, 0.05) is 25.9 Å². The van der Waals surface area contributed by atoms with Crippen LogP contribution in [0.4, 0.5) is 0 Å². The summed E-state index contributed by atoms with van der Waals surface area (Å²) in [6.07, 6.45) is 2.53. The van der Waals surface area contributed by atoms with Gasteiger partial charge in [-0.15, -0.1) is 4.91 Å². The molecule has 2 aliphatic heterocycles. The number of nitroso groups, excluding NO2 is 1. The van der Waals surface area contributed by atoms with Gasteiger partial charge in [-0.2, -0.15) is 0 Å². The van der Waals surface area contributed by atoms with Crippen molar-refractivity contribution in [3.05, 3.63) is 4.91 Å². The van der Waals surface area contributed by atoms with Gasteiger partial charge in [0.25, 0.3) is 0 Å². The van der Waals surface area contributed by atoms with Gasteiger partial charge in [-0.05, 0) is 6.42 Å². The summed E-state index contributed by atoms with van der Waals surface area (Å²) >= 11 is 0. The van der Waals surface area contributed by atoms with Crippen LogP contribution in [0.1, 0.15) is 19.3 Å². The Morgan fingerprint density at radius 3 is 2.62 bits per heavy atom. The molecule has 2 heterocycles. The van der Waals surface area contributed by atoms with Crippen molar-refractivity contribution in [2.45, 2.75) is 25.0 Å². The zero-order chi connectivity index (χ0) is 9.15. The summed E-state index contributed by atoms with van der Waals surface area (Å²) in [5, 5.41) is 4.48. The number of hydrogen-bond donors (Lipinski definition) is 0. The summed E-state index contributed by atoms with van der Waals surface area (Å²) in [5.41, 5.74) is 0. The van der Waals surface area contributed by atoms with Crippen molar-refractivity contribution in [1.29, 1.82) is 0 Å². The summed E-state index contributed by atoms with van der Waals surface area (Å²) in [4.78, 5) is 10.3. The van der Waals surface area contributed by atoms with Gasteiger partial charge in [-0.25, -0.2) is 0 Å². The van der Waals surface area contributed by atoms with E-state index in [9.17, 15) is 4.91 Å². The molecule has 0 saturated carbocycles. The first-order chi connectivity index (χ1) is 6.35. The molecule has 0 bridgehead atoms. The Morgan fingerprint density at radius 2 is 1.92 bits per heavy atom. The van der Waals surface area contributed by atoms with E-state index >= 15 is 0 Å².